The lowest BCUT2D eigenvalue weighted by Gasteiger charge is -2.11. The Bertz CT molecular complexity index is 1030. The number of nitrogens with zero attached hydrogens (tertiary/aromatic N) is 2. The number of amides is 1. The first-order chi connectivity index (χ1) is 13.0. The first kappa shape index (κ1) is 21.0. The molecule has 0 radical (unpaired) electrons. The monoisotopic (exact) mass is 397 g/mol. The summed E-state index contributed by atoms with van der Waals surface area (Å²) in [5.74, 6) is 1.15. The number of carbonyl (C=O) groups is 1. The third-order valence-corrected chi connectivity index (χ3v) is 4.41. The minimum atomic E-state index is -0.418. The molecule has 0 saturated heterocycles. The van der Waals surface area contributed by atoms with Gasteiger partial charge in [-0.1, -0.05) is 0 Å². The number of rotatable bonds is 5. The summed E-state index contributed by atoms with van der Waals surface area (Å²) in [6, 6.07) is 14.1. The highest BCUT2D eigenvalue weighted by Gasteiger charge is 2.22. The highest BCUT2D eigenvalue weighted by Crippen LogP contribution is 2.31. The van der Waals surface area contributed by atoms with Crippen LogP contribution in [0.2, 0.25) is 0 Å². The molecule has 0 bridgehead atoms. The highest BCUT2D eigenvalue weighted by atomic mass is 35.5. The molecule has 0 saturated carbocycles. The molecule has 1 unspecified atom stereocenters. The van der Waals surface area contributed by atoms with Crippen LogP contribution >= 0.6 is 0 Å². The number of halogens is 1. The molecule has 1 aromatic heterocycles. The number of benzene rings is 2. The van der Waals surface area contributed by atoms with Gasteiger partial charge in [0.2, 0.25) is 6.04 Å². The number of nitriles is 1. The van der Waals surface area contributed by atoms with Crippen LogP contribution in [0.3, 0.4) is 0 Å². The second-order valence-electron chi connectivity index (χ2n) is 6.08. The SMILES string of the molecule is COc1cc2cc[n+](C(C)C(=O)Nc3ccc(C#N)cc3)cc2cc1OC.[Cl-]. The molecular formula is C21H20ClN3O3. The smallest absolute Gasteiger partial charge is 0.293 e. The Labute approximate surface area is 169 Å². The molecule has 0 fully saturated rings. The van der Waals surface area contributed by atoms with Crippen molar-refractivity contribution in [2.75, 3.05) is 19.5 Å². The number of hydrogen-bond acceptors (Lipinski definition) is 4. The van der Waals surface area contributed by atoms with Gasteiger partial charge >= 0.3 is 0 Å². The number of methoxy groups -OCH3 is 2. The Morgan fingerprint density at radius 3 is 2.25 bits per heavy atom. The summed E-state index contributed by atoms with van der Waals surface area (Å²) in [7, 11) is 3.19. The number of fused-ring (bicyclic) bond motifs is 1. The van der Waals surface area contributed by atoms with Gasteiger partial charge < -0.3 is 27.2 Å². The van der Waals surface area contributed by atoms with Crippen molar-refractivity contribution in [2.24, 2.45) is 0 Å². The molecule has 1 N–H and O–H groups in total. The third-order valence-electron chi connectivity index (χ3n) is 4.41. The first-order valence-corrected chi connectivity index (χ1v) is 8.43. The minimum absolute atomic E-state index is 0. The predicted molar refractivity (Wildman–Crippen MR) is 102 cm³/mol. The van der Waals surface area contributed by atoms with Crippen molar-refractivity contribution in [3.8, 4) is 17.6 Å². The van der Waals surface area contributed by atoms with Gasteiger partial charge in [-0.05, 0) is 41.8 Å². The standard InChI is InChI=1S/C21H19N3O3.ClH/c1-14(21(25)23-18-6-4-15(12-22)5-7-18)24-9-8-16-10-19(26-2)20(27-3)11-17(16)13-24;/h4-11,13-14H,1-3H3;1H. The van der Waals surface area contributed by atoms with Gasteiger partial charge in [0, 0.05) is 24.1 Å². The van der Waals surface area contributed by atoms with E-state index in [1.54, 1.807) is 38.5 Å². The largest absolute Gasteiger partial charge is 1.00 e. The lowest BCUT2D eigenvalue weighted by molar-refractivity contribution is -0.704. The fourth-order valence-electron chi connectivity index (χ4n) is 2.79. The number of ether oxygens (including phenoxy) is 2. The molecule has 1 atom stereocenters. The average Bonchev–Trinajstić information content (AvgIpc) is 2.72. The summed E-state index contributed by atoms with van der Waals surface area (Å²) < 4.78 is 12.5. The molecule has 6 nitrogen and oxygen atoms in total. The van der Waals surface area contributed by atoms with Crippen LogP contribution < -0.4 is 31.8 Å². The van der Waals surface area contributed by atoms with Gasteiger partial charge in [-0.15, -0.1) is 0 Å². The van der Waals surface area contributed by atoms with Gasteiger partial charge in [0.15, 0.2) is 23.9 Å². The lowest BCUT2D eigenvalue weighted by atomic mass is 10.1. The Balaban J connectivity index is 0.00000280. The zero-order valence-electron chi connectivity index (χ0n) is 15.8. The van der Waals surface area contributed by atoms with E-state index in [4.69, 9.17) is 14.7 Å². The van der Waals surface area contributed by atoms with Gasteiger partial charge in [0.05, 0.1) is 25.9 Å². The van der Waals surface area contributed by atoms with Crippen molar-refractivity contribution < 1.29 is 31.2 Å². The van der Waals surface area contributed by atoms with Gasteiger partial charge in [-0.3, -0.25) is 4.79 Å². The van der Waals surface area contributed by atoms with E-state index in [0.29, 0.717) is 22.7 Å². The quantitative estimate of drug-likeness (QED) is 0.625. The molecule has 0 aliphatic carbocycles. The van der Waals surface area contributed by atoms with E-state index in [2.05, 4.69) is 11.4 Å². The number of hydrogen-bond donors (Lipinski definition) is 1. The lowest BCUT2D eigenvalue weighted by Crippen LogP contribution is -3.00. The van der Waals surface area contributed by atoms with Gasteiger partial charge in [-0.2, -0.15) is 9.83 Å². The van der Waals surface area contributed by atoms with E-state index in [1.807, 2.05) is 42.1 Å². The molecule has 0 aliphatic rings. The van der Waals surface area contributed by atoms with Crippen molar-refractivity contribution in [1.82, 2.24) is 0 Å². The molecule has 1 heterocycles. The van der Waals surface area contributed by atoms with E-state index in [-0.39, 0.29) is 18.3 Å². The van der Waals surface area contributed by atoms with E-state index >= 15 is 0 Å². The first-order valence-electron chi connectivity index (χ1n) is 8.43. The second-order valence-corrected chi connectivity index (χ2v) is 6.08. The van der Waals surface area contributed by atoms with Crippen molar-refractivity contribution >= 4 is 22.4 Å². The maximum Gasteiger partial charge on any atom is 0.293 e. The van der Waals surface area contributed by atoms with Crippen LogP contribution in [0.1, 0.15) is 18.5 Å². The molecular weight excluding hydrogens is 378 g/mol. The summed E-state index contributed by atoms with van der Waals surface area (Å²) >= 11 is 0. The zero-order valence-corrected chi connectivity index (χ0v) is 16.5. The van der Waals surface area contributed by atoms with Crippen LogP contribution in [0.4, 0.5) is 5.69 Å². The van der Waals surface area contributed by atoms with Gasteiger partial charge in [0.1, 0.15) is 0 Å². The van der Waals surface area contributed by atoms with Gasteiger partial charge in [-0.25, -0.2) is 0 Å². The summed E-state index contributed by atoms with van der Waals surface area (Å²) in [5, 5.41) is 13.6. The highest BCUT2D eigenvalue weighted by molar-refractivity contribution is 5.92. The van der Waals surface area contributed by atoms with Crippen molar-refractivity contribution in [2.45, 2.75) is 13.0 Å². The zero-order chi connectivity index (χ0) is 19.4. The summed E-state index contributed by atoms with van der Waals surface area (Å²) in [6.07, 6.45) is 3.76. The molecule has 144 valence electrons. The maximum absolute atomic E-state index is 12.6. The van der Waals surface area contributed by atoms with Crippen LogP contribution in [0.5, 0.6) is 11.5 Å². The average molecular weight is 398 g/mol. The molecule has 2 aromatic carbocycles. The summed E-state index contributed by atoms with van der Waals surface area (Å²) in [6.45, 7) is 1.82. The number of nitrogens with one attached hydrogen (secondary N) is 1. The molecule has 0 spiro atoms. The summed E-state index contributed by atoms with van der Waals surface area (Å²) in [4.78, 5) is 12.6. The van der Waals surface area contributed by atoms with Crippen molar-refractivity contribution in [3.05, 3.63) is 60.4 Å². The van der Waals surface area contributed by atoms with Crippen LogP contribution in [0.15, 0.2) is 54.9 Å². The predicted octanol–water partition coefficient (Wildman–Crippen LogP) is 0.220. The van der Waals surface area contributed by atoms with Gasteiger partial charge in [0.25, 0.3) is 5.91 Å². The molecule has 7 heteroatoms. The molecule has 3 rings (SSSR count). The Hall–Kier alpha value is -3.30. The van der Waals surface area contributed by atoms with E-state index in [0.717, 1.165) is 10.8 Å². The number of carbonyl (C=O) groups excluding carboxylic acids is 1. The molecule has 1 amide bonds. The Kier molecular flexibility index (Phi) is 6.80. The van der Waals surface area contributed by atoms with Crippen molar-refractivity contribution in [3.63, 3.8) is 0 Å². The number of aromatic nitrogens is 1. The minimum Gasteiger partial charge on any atom is -1.00 e. The fraction of sp³-hybridized carbons (Fsp3) is 0.190. The third kappa shape index (κ3) is 4.33. The van der Waals surface area contributed by atoms with Crippen LogP contribution in [-0.2, 0) is 4.79 Å². The molecule has 28 heavy (non-hydrogen) atoms. The maximum atomic E-state index is 12.6. The Morgan fingerprint density at radius 1 is 1.07 bits per heavy atom. The van der Waals surface area contributed by atoms with Crippen LogP contribution in [-0.4, -0.2) is 20.1 Å². The normalized spacial score (nSPS) is 11.1. The molecule has 3 aromatic rings. The molecule has 0 aliphatic heterocycles. The number of pyridine rings is 1. The van der Waals surface area contributed by atoms with E-state index in [1.165, 1.54) is 0 Å². The van der Waals surface area contributed by atoms with E-state index in [9.17, 15) is 4.79 Å². The van der Waals surface area contributed by atoms with Crippen molar-refractivity contribution in [1.29, 1.82) is 5.26 Å². The topological polar surface area (TPSA) is 75.2 Å². The fourth-order valence-corrected chi connectivity index (χ4v) is 2.79. The Morgan fingerprint density at radius 2 is 1.68 bits per heavy atom. The number of anilines is 1. The summed E-state index contributed by atoms with van der Waals surface area (Å²) in [5.41, 5.74) is 1.20. The van der Waals surface area contributed by atoms with E-state index < -0.39 is 6.04 Å². The second kappa shape index (κ2) is 9.07. The van der Waals surface area contributed by atoms with Crippen LogP contribution in [0.25, 0.3) is 10.8 Å². The van der Waals surface area contributed by atoms with Crippen LogP contribution in [0, 0.1) is 11.3 Å².